The first-order chi connectivity index (χ1) is 15.0. The van der Waals surface area contributed by atoms with Crippen LogP contribution in [0.15, 0.2) is 46.1 Å². The van der Waals surface area contributed by atoms with Crippen LogP contribution in [0, 0.1) is 13.8 Å². The van der Waals surface area contributed by atoms with E-state index in [9.17, 15) is 9.59 Å². The van der Waals surface area contributed by atoms with Gasteiger partial charge in [0.25, 0.3) is 11.8 Å². The molecule has 3 aromatic rings. The number of rotatable bonds is 5. The number of benzene rings is 1. The minimum absolute atomic E-state index is 0.00204. The van der Waals surface area contributed by atoms with E-state index in [2.05, 4.69) is 15.0 Å². The highest BCUT2D eigenvalue weighted by Crippen LogP contribution is 2.27. The number of piperazine rings is 1. The zero-order chi connectivity index (χ0) is 21.8. The third-order valence-electron chi connectivity index (χ3n) is 5.02. The summed E-state index contributed by atoms with van der Waals surface area (Å²) in [5.74, 6) is 1.21. The molecular weight excluding hydrogens is 430 g/mol. The number of aromatic nitrogens is 3. The second-order valence-electron chi connectivity index (χ2n) is 7.29. The number of carbonyl (C=O) groups is 2. The summed E-state index contributed by atoms with van der Waals surface area (Å²) in [5.41, 5.74) is 4.71. The van der Waals surface area contributed by atoms with E-state index in [0.29, 0.717) is 43.3 Å². The molecule has 9 heteroatoms. The minimum Gasteiger partial charge on any atom is -0.335 e. The molecule has 31 heavy (non-hydrogen) atoms. The van der Waals surface area contributed by atoms with Gasteiger partial charge in [-0.05, 0) is 32.0 Å². The number of amides is 2. The van der Waals surface area contributed by atoms with E-state index in [1.165, 1.54) is 0 Å². The van der Waals surface area contributed by atoms with Crippen LogP contribution >= 0.6 is 23.1 Å². The standard InChI is InChI=1S/C22H23N5O2S2/c1-15-11-19(25-16(2)24-15)22(29)27-9-7-26(8-10-27)21(28)18-5-3-4-6-20(18)31-13-17-12-30-14-23-17/h3-6,11-12,14H,7-10,13H2,1-2H3. The summed E-state index contributed by atoms with van der Waals surface area (Å²) in [6.07, 6.45) is 0. The van der Waals surface area contributed by atoms with E-state index in [0.717, 1.165) is 22.0 Å². The first-order valence-electron chi connectivity index (χ1n) is 10.0. The molecule has 1 aliphatic rings. The topological polar surface area (TPSA) is 79.3 Å². The van der Waals surface area contributed by atoms with Crippen LogP contribution in [-0.4, -0.2) is 62.7 Å². The number of nitrogens with zero attached hydrogens (tertiary/aromatic N) is 5. The summed E-state index contributed by atoms with van der Waals surface area (Å²) >= 11 is 3.19. The number of aryl methyl sites for hydroxylation is 2. The van der Waals surface area contributed by atoms with Gasteiger partial charge in [0.1, 0.15) is 11.5 Å². The zero-order valence-electron chi connectivity index (χ0n) is 17.4. The Labute approximate surface area is 189 Å². The lowest BCUT2D eigenvalue weighted by Crippen LogP contribution is -2.50. The van der Waals surface area contributed by atoms with Gasteiger partial charge in [-0.2, -0.15) is 0 Å². The van der Waals surface area contributed by atoms with Crippen molar-refractivity contribution >= 4 is 34.9 Å². The molecule has 0 atom stereocenters. The van der Waals surface area contributed by atoms with Crippen LogP contribution in [0.5, 0.6) is 0 Å². The Balaban J connectivity index is 1.40. The number of carbonyl (C=O) groups excluding carboxylic acids is 2. The predicted octanol–water partition coefficient (Wildman–Crippen LogP) is 3.44. The van der Waals surface area contributed by atoms with Gasteiger partial charge in [-0.1, -0.05) is 12.1 Å². The van der Waals surface area contributed by atoms with Crippen LogP contribution in [0.25, 0.3) is 0 Å². The Morgan fingerprint density at radius 3 is 2.42 bits per heavy atom. The molecule has 2 amide bonds. The number of hydrogen-bond acceptors (Lipinski definition) is 7. The van der Waals surface area contributed by atoms with Gasteiger partial charge in [-0.3, -0.25) is 9.59 Å². The van der Waals surface area contributed by atoms with Crippen molar-refractivity contribution in [3.63, 3.8) is 0 Å². The molecule has 1 fully saturated rings. The maximum atomic E-state index is 13.2. The number of thioether (sulfide) groups is 1. The SMILES string of the molecule is Cc1cc(C(=O)N2CCN(C(=O)c3ccccc3SCc3cscn3)CC2)nc(C)n1. The van der Waals surface area contributed by atoms with E-state index >= 15 is 0 Å². The molecule has 1 aliphatic heterocycles. The van der Waals surface area contributed by atoms with E-state index in [1.54, 1.807) is 41.0 Å². The van der Waals surface area contributed by atoms with Gasteiger partial charge in [-0.25, -0.2) is 15.0 Å². The van der Waals surface area contributed by atoms with Gasteiger partial charge in [0.2, 0.25) is 0 Å². The van der Waals surface area contributed by atoms with Crippen molar-refractivity contribution in [2.45, 2.75) is 24.5 Å². The first kappa shape index (κ1) is 21.5. The van der Waals surface area contributed by atoms with Crippen molar-refractivity contribution in [3.05, 3.63) is 69.7 Å². The summed E-state index contributed by atoms with van der Waals surface area (Å²) < 4.78 is 0. The van der Waals surface area contributed by atoms with E-state index in [4.69, 9.17) is 0 Å². The van der Waals surface area contributed by atoms with Crippen LogP contribution in [0.3, 0.4) is 0 Å². The van der Waals surface area contributed by atoms with Crippen molar-refractivity contribution in [3.8, 4) is 0 Å². The van der Waals surface area contributed by atoms with E-state index < -0.39 is 0 Å². The third kappa shape index (κ3) is 5.11. The zero-order valence-corrected chi connectivity index (χ0v) is 19.1. The summed E-state index contributed by atoms with van der Waals surface area (Å²) in [6, 6.07) is 9.39. The van der Waals surface area contributed by atoms with Crippen LogP contribution < -0.4 is 0 Å². The Hall–Kier alpha value is -2.78. The molecule has 0 spiro atoms. The van der Waals surface area contributed by atoms with Crippen molar-refractivity contribution in [1.82, 2.24) is 24.8 Å². The molecule has 4 rings (SSSR count). The second-order valence-corrected chi connectivity index (χ2v) is 9.03. The van der Waals surface area contributed by atoms with E-state index in [-0.39, 0.29) is 11.8 Å². The number of thiazole rings is 1. The van der Waals surface area contributed by atoms with Crippen molar-refractivity contribution in [2.24, 2.45) is 0 Å². The van der Waals surface area contributed by atoms with Crippen molar-refractivity contribution in [2.75, 3.05) is 26.2 Å². The van der Waals surface area contributed by atoms with Gasteiger partial charge >= 0.3 is 0 Å². The van der Waals surface area contributed by atoms with E-state index in [1.807, 2.05) is 47.0 Å². The largest absolute Gasteiger partial charge is 0.335 e. The Morgan fingerprint density at radius 1 is 1.03 bits per heavy atom. The molecule has 0 unspecified atom stereocenters. The van der Waals surface area contributed by atoms with Gasteiger partial charge in [0.05, 0.1) is 16.8 Å². The summed E-state index contributed by atoms with van der Waals surface area (Å²) in [7, 11) is 0. The normalized spacial score (nSPS) is 14.0. The highest BCUT2D eigenvalue weighted by atomic mass is 32.2. The van der Waals surface area contributed by atoms with Gasteiger partial charge in [0.15, 0.2) is 0 Å². The van der Waals surface area contributed by atoms with Crippen LogP contribution in [0.4, 0.5) is 0 Å². The van der Waals surface area contributed by atoms with Gasteiger partial charge < -0.3 is 9.80 Å². The molecule has 0 saturated carbocycles. The average molecular weight is 454 g/mol. The summed E-state index contributed by atoms with van der Waals surface area (Å²) in [5, 5.41) is 2.02. The molecule has 2 aromatic heterocycles. The minimum atomic E-state index is -0.111. The highest BCUT2D eigenvalue weighted by Gasteiger charge is 2.27. The average Bonchev–Trinajstić information content (AvgIpc) is 3.30. The lowest BCUT2D eigenvalue weighted by Gasteiger charge is -2.35. The maximum Gasteiger partial charge on any atom is 0.272 e. The molecule has 0 radical (unpaired) electrons. The van der Waals surface area contributed by atoms with Crippen LogP contribution in [-0.2, 0) is 5.75 Å². The molecule has 7 nitrogen and oxygen atoms in total. The quantitative estimate of drug-likeness (QED) is 0.551. The first-order valence-corrected chi connectivity index (χ1v) is 11.9. The molecule has 1 aromatic carbocycles. The Kier molecular flexibility index (Phi) is 6.62. The summed E-state index contributed by atoms with van der Waals surface area (Å²) in [4.78, 5) is 43.4. The van der Waals surface area contributed by atoms with Crippen LogP contribution in [0.2, 0.25) is 0 Å². The molecular formula is C22H23N5O2S2. The molecule has 0 N–H and O–H groups in total. The fourth-order valence-corrected chi connectivity index (χ4v) is 5.11. The molecule has 1 saturated heterocycles. The fraction of sp³-hybridized carbons (Fsp3) is 0.318. The molecule has 160 valence electrons. The summed E-state index contributed by atoms with van der Waals surface area (Å²) in [6.45, 7) is 5.61. The Bertz CT molecular complexity index is 1060. The molecule has 3 heterocycles. The monoisotopic (exact) mass is 453 g/mol. The lowest BCUT2D eigenvalue weighted by atomic mass is 10.1. The van der Waals surface area contributed by atoms with Crippen molar-refractivity contribution < 1.29 is 9.59 Å². The van der Waals surface area contributed by atoms with Gasteiger partial charge in [0, 0.05) is 47.9 Å². The predicted molar refractivity (Wildman–Crippen MR) is 121 cm³/mol. The maximum absolute atomic E-state index is 13.2. The second kappa shape index (κ2) is 9.57. The fourth-order valence-electron chi connectivity index (χ4n) is 3.50. The third-order valence-corrected chi connectivity index (χ3v) is 6.76. The highest BCUT2D eigenvalue weighted by molar-refractivity contribution is 7.98. The molecule has 0 aliphatic carbocycles. The van der Waals surface area contributed by atoms with Crippen molar-refractivity contribution in [1.29, 1.82) is 0 Å². The lowest BCUT2D eigenvalue weighted by molar-refractivity contribution is 0.0530. The van der Waals surface area contributed by atoms with Crippen LogP contribution in [0.1, 0.15) is 38.1 Å². The smallest absolute Gasteiger partial charge is 0.272 e. The Morgan fingerprint density at radius 2 is 1.74 bits per heavy atom. The van der Waals surface area contributed by atoms with Gasteiger partial charge in [-0.15, -0.1) is 23.1 Å². The number of hydrogen-bond donors (Lipinski definition) is 0. The molecule has 0 bridgehead atoms.